The molecule has 6 heteroatoms. The van der Waals surface area contributed by atoms with Crippen LogP contribution in [-0.2, 0) is 9.53 Å². The zero-order chi connectivity index (χ0) is 15.5. The molecule has 0 aromatic rings. The van der Waals surface area contributed by atoms with Gasteiger partial charge in [0.05, 0.1) is 0 Å². The lowest BCUT2D eigenvalue weighted by Crippen LogP contribution is -2.46. The van der Waals surface area contributed by atoms with Gasteiger partial charge in [-0.25, -0.2) is 0 Å². The van der Waals surface area contributed by atoms with Gasteiger partial charge in [-0.15, -0.1) is 0 Å². The Hall–Kier alpha value is -1.30. The number of carbonyl (C=O) groups is 1. The molecule has 122 valence electrons. The number of likely N-dealkylation sites (tertiary alicyclic amines) is 1. The van der Waals surface area contributed by atoms with Gasteiger partial charge in [0.2, 0.25) is 5.91 Å². The second-order valence-corrected chi connectivity index (χ2v) is 5.33. The molecule has 1 saturated heterocycles. The Balaban J connectivity index is 2.25. The molecule has 1 fully saturated rings. The molecule has 1 heterocycles. The molecule has 0 atom stereocenters. The van der Waals surface area contributed by atoms with Gasteiger partial charge in [0, 0.05) is 53.4 Å². The zero-order valence-corrected chi connectivity index (χ0v) is 13.7. The van der Waals surface area contributed by atoms with Gasteiger partial charge in [-0.05, 0) is 32.1 Å². The fourth-order valence-corrected chi connectivity index (χ4v) is 2.56. The van der Waals surface area contributed by atoms with Crippen LogP contribution in [0.1, 0.15) is 32.6 Å². The van der Waals surface area contributed by atoms with Crippen molar-refractivity contribution in [3.05, 3.63) is 0 Å². The van der Waals surface area contributed by atoms with Crippen molar-refractivity contribution in [1.29, 1.82) is 0 Å². The van der Waals surface area contributed by atoms with Crippen molar-refractivity contribution in [2.45, 2.75) is 32.6 Å². The van der Waals surface area contributed by atoms with Crippen LogP contribution in [0.25, 0.3) is 0 Å². The van der Waals surface area contributed by atoms with Crippen LogP contribution in [0.3, 0.4) is 0 Å². The van der Waals surface area contributed by atoms with E-state index in [1.54, 1.807) is 7.05 Å². The third-order valence-corrected chi connectivity index (χ3v) is 3.83. The Kier molecular flexibility index (Phi) is 8.82. The maximum absolute atomic E-state index is 11.4. The van der Waals surface area contributed by atoms with Crippen molar-refractivity contribution in [1.82, 2.24) is 15.5 Å². The quantitative estimate of drug-likeness (QED) is 0.415. The number of nitrogens with zero attached hydrogens (tertiary/aromatic N) is 2. The number of hydrogen-bond donors (Lipinski definition) is 2. The first-order chi connectivity index (χ1) is 10.2. The minimum Gasteiger partial charge on any atom is -0.382 e. The number of aliphatic imine (C=N–C) groups is 1. The lowest BCUT2D eigenvalue weighted by molar-refractivity contribution is -0.121. The van der Waals surface area contributed by atoms with Crippen molar-refractivity contribution in [2.24, 2.45) is 10.9 Å². The zero-order valence-electron chi connectivity index (χ0n) is 13.7. The minimum atomic E-state index is 0.145. The smallest absolute Gasteiger partial charge is 0.220 e. The summed E-state index contributed by atoms with van der Waals surface area (Å²) in [5.41, 5.74) is 0. The van der Waals surface area contributed by atoms with Crippen molar-refractivity contribution >= 4 is 11.9 Å². The van der Waals surface area contributed by atoms with E-state index >= 15 is 0 Å². The summed E-state index contributed by atoms with van der Waals surface area (Å²) < 4.78 is 5.32. The number of guanidine groups is 1. The van der Waals surface area contributed by atoms with Gasteiger partial charge in [0.25, 0.3) is 0 Å². The first kappa shape index (κ1) is 17.8. The van der Waals surface area contributed by atoms with E-state index in [1.807, 2.05) is 14.0 Å². The van der Waals surface area contributed by atoms with E-state index in [4.69, 9.17) is 4.74 Å². The fraction of sp³-hybridized carbons (Fsp3) is 0.867. The van der Waals surface area contributed by atoms with E-state index < -0.39 is 0 Å². The summed E-state index contributed by atoms with van der Waals surface area (Å²) in [4.78, 5) is 18.0. The highest BCUT2D eigenvalue weighted by atomic mass is 16.5. The molecule has 1 aliphatic rings. The summed E-state index contributed by atoms with van der Waals surface area (Å²) in [6.45, 7) is 6.38. The van der Waals surface area contributed by atoms with Crippen molar-refractivity contribution in [2.75, 3.05) is 46.9 Å². The summed E-state index contributed by atoms with van der Waals surface area (Å²) in [5.74, 6) is 1.61. The lowest BCUT2D eigenvalue weighted by Gasteiger charge is -2.34. The second-order valence-electron chi connectivity index (χ2n) is 5.33. The monoisotopic (exact) mass is 298 g/mol. The van der Waals surface area contributed by atoms with Crippen LogP contribution in [0.5, 0.6) is 0 Å². The third-order valence-electron chi connectivity index (χ3n) is 3.83. The molecule has 1 rings (SSSR count). The van der Waals surface area contributed by atoms with Gasteiger partial charge in [-0.2, -0.15) is 0 Å². The minimum absolute atomic E-state index is 0.145. The van der Waals surface area contributed by atoms with Crippen LogP contribution in [-0.4, -0.2) is 63.7 Å². The average molecular weight is 298 g/mol. The molecule has 0 radical (unpaired) electrons. The summed E-state index contributed by atoms with van der Waals surface area (Å²) in [6.07, 6.45) is 3.73. The first-order valence-corrected chi connectivity index (χ1v) is 7.95. The van der Waals surface area contributed by atoms with Crippen LogP contribution < -0.4 is 10.6 Å². The SMILES string of the molecule is CCOCCCNC(=NC)N1CCC(CC(=O)NC)CC1. The van der Waals surface area contributed by atoms with E-state index in [2.05, 4.69) is 20.5 Å². The molecule has 0 aromatic carbocycles. The summed E-state index contributed by atoms with van der Waals surface area (Å²) >= 11 is 0. The number of rotatable bonds is 7. The molecular formula is C15H30N4O2. The van der Waals surface area contributed by atoms with Crippen LogP contribution in [0.2, 0.25) is 0 Å². The number of ether oxygens (including phenoxy) is 1. The summed E-state index contributed by atoms with van der Waals surface area (Å²) in [6, 6.07) is 0. The topological polar surface area (TPSA) is 66.0 Å². The lowest BCUT2D eigenvalue weighted by atomic mass is 9.93. The van der Waals surface area contributed by atoms with E-state index in [1.165, 1.54) is 0 Å². The van der Waals surface area contributed by atoms with Crippen LogP contribution in [0.15, 0.2) is 4.99 Å². The molecule has 0 unspecified atom stereocenters. The largest absolute Gasteiger partial charge is 0.382 e. The number of nitrogens with one attached hydrogen (secondary N) is 2. The standard InChI is InChI=1S/C15H30N4O2/c1-4-21-11-5-8-18-15(17-3)19-9-6-13(7-10-19)12-14(20)16-2/h13H,4-12H2,1-3H3,(H,16,20)(H,17,18). The summed E-state index contributed by atoms with van der Waals surface area (Å²) in [7, 11) is 3.52. The van der Waals surface area contributed by atoms with E-state index in [0.717, 1.165) is 58.1 Å². The molecule has 0 spiro atoms. The normalized spacial score (nSPS) is 16.9. The van der Waals surface area contributed by atoms with Crippen LogP contribution in [0.4, 0.5) is 0 Å². The Morgan fingerprint density at radius 1 is 1.38 bits per heavy atom. The molecule has 0 bridgehead atoms. The molecule has 1 amide bonds. The molecule has 2 N–H and O–H groups in total. The van der Waals surface area contributed by atoms with Crippen molar-refractivity contribution in [3.8, 4) is 0 Å². The van der Waals surface area contributed by atoms with Crippen LogP contribution in [0, 0.1) is 5.92 Å². The molecule has 0 aromatic heterocycles. The van der Waals surface area contributed by atoms with Crippen molar-refractivity contribution in [3.63, 3.8) is 0 Å². The predicted molar refractivity (Wildman–Crippen MR) is 85.5 cm³/mol. The first-order valence-electron chi connectivity index (χ1n) is 7.95. The number of piperidine rings is 1. The maximum Gasteiger partial charge on any atom is 0.220 e. The highest BCUT2D eigenvalue weighted by molar-refractivity contribution is 5.80. The van der Waals surface area contributed by atoms with Gasteiger partial charge in [0.15, 0.2) is 5.96 Å². The number of carbonyl (C=O) groups excluding carboxylic acids is 1. The van der Waals surface area contributed by atoms with Gasteiger partial charge in [-0.1, -0.05) is 0 Å². The number of amides is 1. The second kappa shape index (κ2) is 10.4. The van der Waals surface area contributed by atoms with Crippen LogP contribution >= 0.6 is 0 Å². The third kappa shape index (κ3) is 6.80. The Labute approximate surface area is 128 Å². The molecule has 0 aliphatic carbocycles. The Morgan fingerprint density at radius 2 is 2.10 bits per heavy atom. The molecule has 6 nitrogen and oxygen atoms in total. The van der Waals surface area contributed by atoms with Gasteiger partial charge >= 0.3 is 0 Å². The highest BCUT2D eigenvalue weighted by Crippen LogP contribution is 2.20. The van der Waals surface area contributed by atoms with Crippen molar-refractivity contribution < 1.29 is 9.53 Å². The summed E-state index contributed by atoms with van der Waals surface area (Å²) in [5, 5.41) is 6.08. The molecular weight excluding hydrogens is 268 g/mol. The van der Waals surface area contributed by atoms with E-state index in [0.29, 0.717) is 12.3 Å². The number of hydrogen-bond acceptors (Lipinski definition) is 3. The Morgan fingerprint density at radius 3 is 2.67 bits per heavy atom. The molecule has 0 saturated carbocycles. The van der Waals surface area contributed by atoms with Gasteiger partial charge < -0.3 is 20.3 Å². The fourth-order valence-electron chi connectivity index (χ4n) is 2.56. The highest BCUT2D eigenvalue weighted by Gasteiger charge is 2.22. The van der Waals surface area contributed by atoms with E-state index in [9.17, 15) is 4.79 Å². The maximum atomic E-state index is 11.4. The van der Waals surface area contributed by atoms with Gasteiger partial charge in [-0.3, -0.25) is 9.79 Å². The molecule has 21 heavy (non-hydrogen) atoms. The van der Waals surface area contributed by atoms with Gasteiger partial charge in [0.1, 0.15) is 0 Å². The Bertz CT molecular complexity index is 326. The average Bonchev–Trinajstić information content (AvgIpc) is 2.52. The van der Waals surface area contributed by atoms with E-state index in [-0.39, 0.29) is 5.91 Å². The predicted octanol–water partition coefficient (Wildman–Crippen LogP) is 0.837. The molecule has 1 aliphatic heterocycles.